The van der Waals surface area contributed by atoms with E-state index in [1.165, 1.54) is 18.3 Å². The summed E-state index contributed by atoms with van der Waals surface area (Å²) < 4.78 is 71.1. The third-order valence-electron chi connectivity index (χ3n) is 10.8. The van der Waals surface area contributed by atoms with Gasteiger partial charge in [-0.1, -0.05) is 36.4 Å². The number of oxazole rings is 1. The molecule has 5 atom stereocenters. The number of nitrogens with zero attached hydrogens (tertiary/aromatic N) is 5. The molecule has 318 valence electrons. The van der Waals surface area contributed by atoms with Gasteiger partial charge in [0.2, 0.25) is 29.5 Å². The number of nitrogens with one attached hydrogen (secondary N) is 2. The predicted octanol–water partition coefficient (Wildman–Crippen LogP) is 4.65. The highest BCUT2D eigenvalue weighted by molar-refractivity contribution is 5.82. The van der Waals surface area contributed by atoms with Crippen LogP contribution in [-0.2, 0) is 21.5 Å². The number of rotatable bonds is 14. The second-order valence-corrected chi connectivity index (χ2v) is 15.4. The van der Waals surface area contributed by atoms with E-state index in [2.05, 4.69) is 20.5 Å². The molecule has 2 amide bonds. The van der Waals surface area contributed by atoms with Crippen LogP contribution in [0.25, 0.3) is 22.8 Å². The zero-order valence-electron chi connectivity index (χ0n) is 32.8. The zero-order chi connectivity index (χ0) is 42.6. The van der Waals surface area contributed by atoms with Gasteiger partial charge in [-0.05, 0) is 62.7 Å². The van der Waals surface area contributed by atoms with E-state index in [9.17, 15) is 37.4 Å². The first-order valence-electron chi connectivity index (χ1n) is 19.5. The van der Waals surface area contributed by atoms with Crippen LogP contribution in [0.15, 0.2) is 93.9 Å². The summed E-state index contributed by atoms with van der Waals surface area (Å²) in [6.45, 7) is 2.19. The van der Waals surface area contributed by atoms with Crippen molar-refractivity contribution in [2.75, 3.05) is 39.3 Å². The van der Waals surface area contributed by atoms with E-state index < -0.39 is 66.1 Å². The molecule has 0 aliphatic carbocycles. The molecule has 2 aliphatic rings. The van der Waals surface area contributed by atoms with Crippen molar-refractivity contribution in [3.05, 3.63) is 108 Å². The van der Waals surface area contributed by atoms with Crippen LogP contribution in [0.3, 0.4) is 0 Å². The Labute approximate surface area is 342 Å². The lowest BCUT2D eigenvalue weighted by Gasteiger charge is -2.46. The molecule has 60 heavy (non-hydrogen) atoms. The van der Waals surface area contributed by atoms with Crippen LogP contribution in [0.5, 0.6) is 5.75 Å². The highest BCUT2D eigenvalue weighted by Crippen LogP contribution is 2.35. The minimum Gasteiger partial charge on any atom is -0.490 e. The SMILES string of the molecule is CC(C)(c1ncc(-c2ccc(F)cc2)o1)N1CCN(C[C@@H](O)C[C@@H](Cc2nnc(-c3ccccc3)o2)C(=O)N[C@H]2c3ccccc3OC[C@H]2O)[C@H](C(=O)NCC(F)(F)F)C1. The van der Waals surface area contributed by atoms with E-state index in [1.807, 2.05) is 16.3 Å². The molecule has 0 saturated carbocycles. The summed E-state index contributed by atoms with van der Waals surface area (Å²) in [6, 6.07) is 19.7. The summed E-state index contributed by atoms with van der Waals surface area (Å²) >= 11 is 0. The summed E-state index contributed by atoms with van der Waals surface area (Å²) in [7, 11) is 0. The van der Waals surface area contributed by atoms with Gasteiger partial charge >= 0.3 is 6.18 Å². The number of aliphatic hydroxyl groups excluding tert-OH is 2. The third-order valence-corrected chi connectivity index (χ3v) is 10.8. The molecule has 4 N–H and O–H groups in total. The van der Waals surface area contributed by atoms with Crippen LogP contribution in [0.2, 0.25) is 0 Å². The number of fused-ring (bicyclic) bond motifs is 1. The number of halogens is 4. The Kier molecular flexibility index (Phi) is 12.6. The first-order chi connectivity index (χ1) is 28.6. The molecule has 2 aliphatic heterocycles. The molecule has 7 rings (SSSR count). The summed E-state index contributed by atoms with van der Waals surface area (Å²) in [4.78, 5) is 35.6. The van der Waals surface area contributed by atoms with E-state index in [0.717, 1.165) is 0 Å². The van der Waals surface area contributed by atoms with Gasteiger partial charge < -0.3 is 34.4 Å². The van der Waals surface area contributed by atoms with Crippen molar-refractivity contribution in [1.29, 1.82) is 0 Å². The Morgan fingerprint density at radius 3 is 2.43 bits per heavy atom. The second kappa shape index (κ2) is 17.9. The standard InChI is InChI=1S/C42H45F4N7O7/c1-41(2,40-47-20-34(59-40)25-12-14-28(43)15-13-25)53-17-16-52(31(22-53)38(57)48-24-42(44,45)46)21-29(54)18-27(19-35-50-51-39(60-35)26-8-4-3-5-9-26)37(56)49-36-30-10-6-7-11-33(30)58-23-32(36)55/h3-15,20,27,29,31-32,36,54-55H,16-19,21-24H2,1-2H3,(H,48,57)(H,49,56)/t27-,29-,31-,32+,36-/m0/s1. The second-order valence-electron chi connectivity index (χ2n) is 15.4. The lowest BCUT2D eigenvalue weighted by Crippen LogP contribution is -2.63. The summed E-state index contributed by atoms with van der Waals surface area (Å²) in [6.07, 6.45) is -5.80. The van der Waals surface area contributed by atoms with Gasteiger partial charge in [-0.3, -0.25) is 19.4 Å². The van der Waals surface area contributed by atoms with Crippen LogP contribution in [0, 0.1) is 11.7 Å². The highest BCUT2D eigenvalue weighted by Gasteiger charge is 2.43. The van der Waals surface area contributed by atoms with Crippen LogP contribution in [-0.4, -0.2) is 111 Å². The lowest BCUT2D eigenvalue weighted by atomic mass is 9.93. The minimum absolute atomic E-state index is 0.0626. The van der Waals surface area contributed by atoms with Crippen molar-refractivity contribution in [3.63, 3.8) is 0 Å². The first kappa shape index (κ1) is 42.4. The molecule has 0 radical (unpaired) electrons. The number of carbonyl (C=O) groups is 2. The van der Waals surface area contributed by atoms with Crippen LogP contribution < -0.4 is 15.4 Å². The molecule has 0 unspecified atom stereocenters. The molecule has 14 nitrogen and oxygen atoms in total. The Morgan fingerprint density at radius 1 is 0.950 bits per heavy atom. The average Bonchev–Trinajstić information content (AvgIpc) is 3.93. The van der Waals surface area contributed by atoms with Crippen molar-refractivity contribution in [2.24, 2.45) is 5.92 Å². The van der Waals surface area contributed by atoms with Crippen molar-refractivity contribution in [1.82, 2.24) is 35.6 Å². The average molecular weight is 836 g/mol. The van der Waals surface area contributed by atoms with Gasteiger partial charge in [-0.2, -0.15) is 13.2 Å². The third kappa shape index (κ3) is 10.0. The number of benzene rings is 3. The maximum absolute atomic E-state index is 14.1. The Balaban J connectivity index is 1.10. The molecule has 3 aromatic carbocycles. The summed E-state index contributed by atoms with van der Waals surface area (Å²) in [5.74, 6) is -1.36. The van der Waals surface area contributed by atoms with Gasteiger partial charge in [0.05, 0.1) is 23.9 Å². The van der Waals surface area contributed by atoms with Crippen molar-refractivity contribution >= 4 is 11.8 Å². The molecule has 0 bridgehead atoms. The quantitative estimate of drug-likeness (QED) is 0.114. The van der Waals surface area contributed by atoms with Gasteiger partial charge in [0.15, 0.2) is 5.76 Å². The lowest BCUT2D eigenvalue weighted by molar-refractivity contribution is -0.145. The number of aliphatic hydroxyl groups is 2. The Hall–Kier alpha value is -5.69. The van der Waals surface area contributed by atoms with Crippen LogP contribution >= 0.6 is 0 Å². The molecule has 18 heteroatoms. The van der Waals surface area contributed by atoms with Crippen LogP contribution in [0.4, 0.5) is 17.6 Å². The predicted molar refractivity (Wildman–Crippen MR) is 207 cm³/mol. The van der Waals surface area contributed by atoms with E-state index in [4.69, 9.17) is 13.6 Å². The smallest absolute Gasteiger partial charge is 0.405 e. The molecule has 2 aromatic heterocycles. The molecule has 5 aromatic rings. The van der Waals surface area contributed by atoms with E-state index in [1.54, 1.807) is 79.4 Å². The number of amides is 2. The van der Waals surface area contributed by atoms with Crippen molar-refractivity contribution in [3.8, 4) is 28.5 Å². The van der Waals surface area contributed by atoms with E-state index in [0.29, 0.717) is 34.7 Å². The summed E-state index contributed by atoms with van der Waals surface area (Å²) in [5.41, 5.74) is 0.862. The van der Waals surface area contributed by atoms with Gasteiger partial charge in [-0.25, -0.2) is 9.37 Å². The molecule has 4 heterocycles. The fraction of sp³-hybridized carbons (Fsp3) is 0.405. The largest absolute Gasteiger partial charge is 0.490 e. The molecule has 0 spiro atoms. The maximum atomic E-state index is 14.1. The highest BCUT2D eigenvalue weighted by atomic mass is 19.4. The molecular weight excluding hydrogens is 790 g/mol. The van der Waals surface area contributed by atoms with E-state index in [-0.39, 0.29) is 56.8 Å². The molecule has 1 fully saturated rings. The molecular formula is C42H45F4N7O7. The normalized spacial score (nSPS) is 19.8. The number of carbonyl (C=O) groups excluding carboxylic acids is 2. The number of alkyl halides is 3. The maximum Gasteiger partial charge on any atom is 0.405 e. The Morgan fingerprint density at radius 2 is 1.68 bits per heavy atom. The number of ether oxygens (including phenoxy) is 1. The van der Waals surface area contributed by atoms with Crippen molar-refractivity contribution < 1.29 is 50.9 Å². The van der Waals surface area contributed by atoms with Gasteiger partial charge in [0.1, 0.15) is 36.9 Å². The van der Waals surface area contributed by atoms with Crippen molar-refractivity contribution in [2.45, 2.75) is 62.7 Å². The fourth-order valence-corrected chi connectivity index (χ4v) is 7.53. The number of para-hydroxylation sites is 1. The van der Waals surface area contributed by atoms with Crippen LogP contribution in [0.1, 0.15) is 43.7 Å². The zero-order valence-corrected chi connectivity index (χ0v) is 32.8. The monoisotopic (exact) mass is 835 g/mol. The number of aromatic nitrogens is 3. The number of piperazine rings is 1. The number of hydrogen-bond donors (Lipinski definition) is 4. The van der Waals surface area contributed by atoms with Gasteiger partial charge in [-0.15, -0.1) is 10.2 Å². The Bertz CT molecular complexity index is 2230. The number of hydrogen-bond acceptors (Lipinski definition) is 12. The van der Waals surface area contributed by atoms with E-state index >= 15 is 0 Å². The fourth-order valence-electron chi connectivity index (χ4n) is 7.53. The first-order valence-corrected chi connectivity index (χ1v) is 19.5. The topological polar surface area (TPSA) is 179 Å². The van der Waals surface area contributed by atoms with Gasteiger partial charge in [0.25, 0.3) is 0 Å². The van der Waals surface area contributed by atoms with Gasteiger partial charge in [0, 0.05) is 55.2 Å². The minimum atomic E-state index is -4.67. The number of β-amino-alcohol motifs (C(OH)–C–C–N with tert-alkyl or cyclic N) is 1. The molecule has 1 saturated heterocycles. The summed E-state index contributed by atoms with van der Waals surface area (Å²) in [5, 5.41) is 35.7.